The fourth-order valence-corrected chi connectivity index (χ4v) is 10.2. The Morgan fingerprint density at radius 1 is 0.917 bits per heavy atom. The number of fused-ring (bicyclic) bond motifs is 5. The predicted octanol–water partition coefficient (Wildman–Crippen LogP) is 7.29. The minimum Gasteiger partial charge on any atom is -0.472 e. The van der Waals surface area contributed by atoms with Gasteiger partial charge in [0, 0.05) is 13.2 Å². The van der Waals surface area contributed by atoms with E-state index >= 15 is 0 Å². The summed E-state index contributed by atoms with van der Waals surface area (Å²) < 4.78 is 17.8. The van der Waals surface area contributed by atoms with Gasteiger partial charge in [0.05, 0.1) is 31.8 Å². The van der Waals surface area contributed by atoms with Crippen LogP contribution in [0.5, 0.6) is 0 Å². The smallest absolute Gasteiger partial charge is 0.0937 e. The molecule has 4 nitrogen and oxygen atoms in total. The first-order valence-corrected chi connectivity index (χ1v) is 15.5. The molecule has 4 heteroatoms. The highest BCUT2D eigenvalue weighted by atomic mass is 16.5. The van der Waals surface area contributed by atoms with Crippen LogP contribution in [-0.2, 0) is 9.47 Å². The maximum absolute atomic E-state index is 6.39. The monoisotopic (exact) mass is 497 g/mol. The van der Waals surface area contributed by atoms with Crippen molar-refractivity contribution in [2.75, 3.05) is 39.5 Å². The van der Waals surface area contributed by atoms with Crippen LogP contribution in [0.4, 0.5) is 0 Å². The summed E-state index contributed by atoms with van der Waals surface area (Å²) in [6.07, 6.45) is 20.7. The summed E-state index contributed by atoms with van der Waals surface area (Å²) in [7, 11) is 0. The summed E-state index contributed by atoms with van der Waals surface area (Å²) in [6.45, 7) is 11.5. The van der Waals surface area contributed by atoms with E-state index in [0.717, 1.165) is 49.9 Å². The molecule has 5 aliphatic rings. The van der Waals surface area contributed by atoms with Crippen molar-refractivity contribution in [2.24, 2.45) is 34.5 Å². The molecule has 0 radical (unpaired) electrons. The molecule has 0 spiro atoms. The van der Waals surface area contributed by atoms with Gasteiger partial charge in [-0.2, -0.15) is 0 Å². The number of nitrogens with zero attached hydrogens (tertiary/aromatic N) is 1. The first kappa shape index (κ1) is 25.4. The molecule has 1 aliphatic heterocycles. The summed E-state index contributed by atoms with van der Waals surface area (Å²) in [5.41, 5.74) is 2.47. The number of ether oxygens (including phenoxy) is 2. The first-order chi connectivity index (χ1) is 17.6. The Kier molecular flexibility index (Phi) is 7.58. The van der Waals surface area contributed by atoms with Crippen molar-refractivity contribution in [3.63, 3.8) is 0 Å². The van der Waals surface area contributed by atoms with Crippen LogP contribution >= 0.6 is 0 Å². The zero-order valence-corrected chi connectivity index (χ0v) is 23.1. The lowest BCUT2D eigenvalue weighted by atomic mass is 9.44. The van der Waals surface area contributed by atoms with Crippen LogP contribution in [0.3, 0.4) is 0 Å². The Morgan fingerprint density at radius 3 is 2.58 bits per heavy atom. The van der Waals surface area contributed by atoms with Gasteiger partial charge in [-0.3, -0.25) is 0 Å². The van der Waals surface area contributed by atoms with Gasteiger partial charge in [-0.05, 0) is 142 Å². The van der Waals surface area contributed by atoms with Crippen molar-refractivity contribution >= 4 is 0 Å². The van der Waals surface area contributed by atoms with Crippen molar-refractivity contribution in [3.05, 3.63) is 24.2 Å². The molecule has 0 amide bonds. The highest BCUT2D eigenvalue weighted by Crippen LogP contribution is 2.69. The van der Waals surface area contributed by atoms with Crippen LogP contribution in [0.1, 0.15) is 102 Å². The van der Waals surface area contributed by atoms with Crippen LogP contribution in [0.25, 0.3) is 0 Å². The van der Waals surface area contributed by atoms with E-state index in [4.69, 9.17) is 13.9 Å². The summed E-state index contributed by atoms with van der Waals surface area (Å²) in [4.78, 5) is 2.57. The van der Waals surface area contributed by atoms with Crippen LogP contribution < -0.4 is 0 Å². The van der Waals surface area contributed by atoms with Crippen molar-refractivity contribution in [1.82, 2.24) is 4.90 Å². The van der Waals surface area contributed by atoms with Crippen LogP contribution in [-0.4, -0.2) is 50.5 Å². The van der Waals surface area contributed by atoms with Gasteiger partial charge in [0.25, 0.3) is 0 Å². The molecular formula is C32H51NO3. The summed E-state index contributed by atoms with van der Waals surface area (Å²) in [6, 6.07) is 2.24. The molecule has 202 valence electrons. The average Bonchev–Trinajstić information content (AvgIpc) is 3.64. The summed E-state index contributed by atoms with van der Waals surface area (Å²) in [5, 5.41) is 0. The Bertz CT molecular complexity index is 834. The topological polar surface area (TPSA) is 34.8 Å². The SMILES string of the molecule is C[C@]12CC[C@H](OCCOCCCN3CCCC3)C[C@H]1CC[C@H]1[C@H]3CC[C@H](c4ccoc4)[C@@]3(C)CC[C@@H]12. The van der Waals surface area contributed by atoms with E-state index in [1.165, 1.54) is 95.8 Å². The normalized spacial score (nSPS) is 42.7. The number of hydrogen-bond acceptors (Lipinski definition) is 4. The zero-order valence-electron chi connectivity index (χ0n) is 23.1. The molecule has 36 heavy (non-hydrogen) atoms. The van der Waals surface area contributed by atoms with Crippen molar-refractivity contribution in [2.45, 2.75) is 103 Å². The maximum atomic E-state index is 6.39. The molecule has 0 aromatic carbocycles. The molecule has 8 atom stereocenters. The lowest BCUT2D eigenvalue weighted by Gasteiger charge is -2.61. The van der Waals surface area contributed by atoms with Crippen molar-refractivity contribution in [1.29, 1.82) is 0 Å². The van der Waals surface area contributed by atoms with E-state index in [2.05, 4.69) is 24.8 Å². The zero-order chi connectivity index (χ0) is 24.6. The highest BCUT2D eigenvalue weighted by Gasteiger charge is 2.60. The summed E-state index contributed by atoms with van der Waals surface area (Å²) in [5.74, 6) is 4.34. The van der Waals surface area contributed by atoms with Gasteiger partial charge in [-0.1, -0.05) is 13.8 Å². The third-order valence-corrected chi connectivity index (χ3v) is 12.1. The lowest BCUT2D eigenvalue weighted by molar-refractivity contribution is -0.133. The molecular weight excluding hydrogens is 446 g/mol. The molecule has 0 unspecified atom stereocenters. The Labute approximate surface area is 219 Å². The predicted molar refractivity (Wildman–Crippen MR) is 144 cm³/mol. The largest absolute Gasteiger partial charge is 0.472 e. The van der Waals surface area contributed by atoms with E-state index in [1.54, 1.807) is 0 Å². The van der Waals surface area contributed by atoms with Crippen LogP contribution in [0.2, 0.25) is 0 Å². The van der Waals surface area contributed by atoms with Gasteiger partial charge < -0.3 is 18.8 Å². The third kappa shape index (κ3) is 4.73. The van der Waals surface area contributed by atoms with Crippen molar-refractivity contribution in [3.8, 4) is 0 Å². The van der Waals surface area contributed by atoms with Gasteiger partial charge in [0.15, 0.2) is 0 Å². The van der Waals surface area contributed by atoms with E-state index in [1.807, 2.05) is 12.5 Å². The van der Waals surface area contributed by atoms with E-state index in [9.17, 15) is 0 Å². The van der Waals surface area contributed by atoms with Gasteiger partial charge in [0.1, 0.15) is 0 Å². The number of furan rings is 1. The average molecular weight is 498 g/mol. The Balaban J connectivity index is 0.973. The van der Waals surface area contributed by atoms with E-state index < -0.39 is 0 Å². The highest BCUT2D eigenvalue weighted by molar-refractivity contribution is 5.22. The second kappa shape index (κ2) is 10.7. The third-order valence-electron chi connectivity index (χ3n) is 12.1. The number of likely N-dealkylation sites (tertiary alicyclic amines) is 1. The second-order valence-corrected chi connectivity index (χ2v) is 13.7. The molecule has 0 N–H and O–H groups in total. The number of hydrogen-bond donors (Lipinski definition) is 0. The molecule has 4 aliphatic carbocycles. The second-order valence-electron chi connectivity index (χ2n) is 13.7. The quantitative estimate of drug-likeness (QED) is 0.335. The van der Waals surface area contributed by atoms with Gasteiger partial charge in [-0.15, -0.1) is 0 Å². The van der Waals surface area contributed by atoms with E-state index in [0.29, 0.717) is 22.9 Å². The summed E-state index contributed by atoms with van der Waals surface area (Å²) >= 11 is 0. The molecule has 1 aromatic rings. The minimum absolute atomic E-state index is 0.457. The fourth-order valence-electron chi connectivity index (χ4n) is 10.2. The van der Waals surface area contributed by atoms with Gasteiger partial charge in [-0.25, -0.2) is 0 Å². The molecule has 2 heterocycles. The van der Waals surface area contributed by atoms with Gasteiger partial charge >= 0.3 is 0 Å². The molecule has 6 rings (SSSR count). The molecule has 1 aromatic heterocycles. The number of rotatable bonds is 9. The molecule has 0 bridgehead atoms. The van der Waals surface area contributed by atoms with Crippen LogP contribution in [0, 0.1) is 34.5 Å². The Morgan fingerprint density at radius 2 is 1.75 bits per heavy atom. The van der Waals surface area contributed by atoms with E-state index in [-0.39, 0.29) is 0 Å². The molecule has 5 fully saturated rings. The molecule has 4 saturated carbocycles. The van der Waals surface area contributed by atoms with Crippen molar-refractivity contribution < 1.29 is 13.9 Å². The maximum Gasteiger partial charge on any atom is 0.0937 e. The first-order valence-electron chi connectivity index (χ1n) is 15.5. The van der Waals surface area contributed by atoms with Gasteiger partial charge in [0.2, 0.25) is 0 Å². The standard InChI is InChI=1S/C32H51NO3/c1-31-13-10-26(36-21-20-34-18-5-17-33-15-3-4-16-33)22-25(31)6-7-27-29-9-8-28(24-12-19-35-23-24)32(29,2)14-11-30(27)31/h12,19,23,25-30H,3-11,13-18,20-22H2,1-2H3/t25-,26+,27+,28-,29-,30+,31+,32-/m1/s1. The van der Waals surface area contributed by atoms with Crippen LogP contribution in [0.15, 0.2) is 23.0 Å². The fraction of sp³-hybridized carbons (Fsp3) is 0.875. The lowest BCUT2D eigenvalue weighted by Crippen LogP contribution is -2.53. The Hall–Kier alpha value is -0.840. The minimum atomic E-state index is 0.457. The molecule has 1 saturated heterocycles.